The summed E-state index contributed by atoms with van der Waals surface area (Å²) in [7, 11) is 0. The lowest BCUT2D eigenvalue weighted by Crippen LogP contribution is -2.23. The Bertz CT molecular complexity index is 258. The van der Waals surface area contributed by atoms with E-state index in [1.54, 1.807) is 11.3 Å². The highest BCUT2D eigenvalue weighted by Gasteiger charge is 2.00. The predicted octanol–water partition coefficient (Wildman–Crippen LogP) is 3.72. The molecule has 0 atom stereocenters. The molecule has 0 amide bonds. The number of unbranched alkanes of at least 4 members (excludes halogenated alkanes) is 1. The summed E-state index contributed by atoms with van der Waals surface area (Å²) in [5.74, 6) is 0. The van der Waals surface area contributed by atoms with Gasteiger partial charge in [-0.15, -0.1) is 11.3 Å². The van der Waals surface area contributed by atoms with Crippen LogP contribution in [0.15, 0.2) is 11.4 Å². The van der Waals surface area contributed by atoms with Crippen LogP contribution in [0.3, 0.4) is 0 Å². The van der Waals surface area contributed by atoms with Crippen LogP contribution in [0.25, 0.3) is 0 Å². The maximum atomic E-state index is 6.00. The van der Waals surface area contributed by atoms with E-state index in [4.69, 9.17) is 11.6 Å². The molecule has 0 spiro atoms. The summed E-state index contributed by atoms with van der Waals surface area (Å²) in [6.45, 7) is 5.47. The molecule has 0 aliphatic heterocycles. The first kappa shape index (κ1) is 12.0. The SMILES string of the molecule is CC(C)NCCCCc1sccc1Cl. The third kappa shape index (κ3) is 4.45. The molecular formula is C11H18ClNS. The minimum Gasteiger partial charge on any atom is -0.315 e. The van der Waals surface area contributed by atoms with Gasteiger partial charge in [0.25, 0.3) is 0 Å². The summed E-state index contributed by atoms with van der Waals surface area (Å²) in [5.41, 5.74) is 0. The molecule has 0 saturated heterocycles. The van der Waals surface area contributed by atoms with Crippen LogP contribution in [0.4, 0.5) is 0 Å². The number of hydrogen-bond donors (Lipinski definition) is 1. The lowest BCUT2D eigenvalue weighted by Gasteiger charge is -2.06. The topological polar surface area (TPSA) is 12.0 Å². The third-order valence-electron chi connectivity index (χ3n) is 2.07. The molecule has 0 aromatic carbocycles. The van der Waals surface area contributed by atoms with Gasteiger partial charge in [0.05, 0.1) is 5.02 Å². The van der Waals surface area contributed by atoms with Crippen molar-refractivity contribution < 1.29 is 0 Å². The van der Waals surface area contributed by atoms with Gasteiger partial charge in [0.15, 0.2) is 0 Å². The maximum Gasteiger partial charge on any atom is 0.0544 e. The van der Waals surface area contributed by atoms with Crippen molar-refractivity contribution in [3.05, 3.63) is 21.3 Å². The fraction of sp³-hybridized carbons (Fsp3) is 0.636. The predicted molar refractivity (Wildman–Crippen MR) is 65.4 cm³/mol. The van der Waals surface area contributed by atoms with Crippen LogP contribution in [0.5, 0.6) is 0 Å². The van der Waals surface area contributed by atoms with Crippen LogP contribution in [0, 0.1) is 0 Å². The average molecular weight is 232 g/mol. The Kier molecular flexibility index (Phi) is 5.53. The number of rotatable bonds is 6. The second-order valence-corrected chi connectivity index (χ2v) is 5.17. The fourth-order valence-corrected chi connectivity index (χ4v) is 2.48. The summed E-state index contributed by atoms with van der Waals surface area (Å²) in [6, 6.07) is 2.58. The van der Waals surface area contributed by atoms with E-state index in [0.717, 1.165) is 18.0 Å². The first-order valence-electron chi connectivity index (χ1n) is 5.15. The number of thiophene rings is 1. The molecule has 1 aromatic rings. The zero-order valence-corrected chi connectivity index (χ0v) is 10.4. The van der Waals surface area contributed by atoms with E-state index in [0.29, 0.717) is 6.04 Å². The van der Waals surface area contributed by atoms with Gasteiger partial charge in [-0.05, 0) is 37.3 Å². The molecule has 0 aliphatic rings. The largest absolute Gasteiger partial charge is 0.315 e. The van der Waals surface area contributed by atoms with Crippen molar-refractivity contribution >= 4 is 22.9 Å². The highest BCUT2D eigenvalue weighted by atomic mass is 35.5. The molecule has 0 unspecified atom stereocenters. The molecule has 0 saturated carbocycles. The van der Waals surface area contributed by atoms with Crippen LogP contribution in [0.2, 0.25) is 5.02 Å². The Hall–Kier alpha value is -0.0500. The highest BCUT2D eigenvalue weighted by molar-refractivity contribution is 7.10. The first-order valence-corrected chi connectivity index (χ1v) is 6.41. The van der Waals surface area contributed by atoms with Crippen LogP contribution < -0.4 is 5.32 Å². The molecule has 14 heavy (non-hydrogen) atoms. The van der Waals surface area contributed by atoms with Gasteiger partial charge in [-0.25, -0.2) is 0 Å². The van der Waals surface area contributed by atoms with E-state index in [9.17, 15) is 0 Å². The van der Waals surface area contributed by atoms with Crippen LogP contribution >= 0.6 is 22.9 Å². The summed E-state index contributed by atoms with van der Waals surface area (Å²) in [4.78, 5) is 1.33. The quantitative estimate of drug-likeness (QED) is 0.736. The molecular weight excluding hydrogens is 214 g/mol. The smallest absolute Gasteiger partial charge is 0.0544 e. The van der Waals surface area contributed by atoms with Gasteiger partial charge in [0, 0.05) is 10.9 Å². The Labute approximate surface area is 95.5 Å². The second kappa shape index (κ2) is 6.44. The summed E-state index contributed by atoms with van der Waals surface area (Å²) in [5, 5.41) is 6.41. The molecule has 1 nitrogen and oxygen atoms in total. The van der Waals surface area contributed by atoms with Crippen LogP contribution in [-0.4, -0.2) is 12.6 Å². The molecule has 80 valence electrons. The van der Waals surface area contributed by atoms with Crippen molar-refractivity contribution in [3.63, 3.8) is 0 Å². The summed E-state index contributed by atoms with van der Waals surface area (Å²) >= 11 is 7.76. The molecule has 3 heteroatoms. The summed E-state index contributed by atoms with van der Waals surface area (Å²) < 4.78 is 0. The maximum absolute atomic E-state index is 6.00. The average Bonchev–Trinajstić information content (AvgIpc) is 2.51. The van der Waals surface area contributed by atoms with Crippen molar-refractivity contribution in [1.82, 2.24) is 5.32 Å². The Morgan fingerprint density at radius 2 is 2.21 bits per heavy atom. The molecule has 0 fully saturated rings. The van der Waals surface area contributed by atoms with E-state index in [-0.39, 0.29) is 0 Å². The zero-order chi connectivity index (χ0) is 10.4. The van der Waals surface area contributed by atoms with Gasteiger partial charge in [-0.1, -0.05) is 25.4 Å². The Balaban J connectivity index is 2.08. The van der Waals surface area contributed by atoms with Gasteiger partial charge < -0.3 is 5.32 Å². The number of hydrogen-bond acceptors (Lipinski definition) is 2. The second-order valence-electron chi connectivity index (χ2n) is 3.76. The molecule has 0 bridgehead atoms. The number of halogens is 1. The van der Waals surface area contributed by atoms with E-state index >= 15 is 0 Å². The van der Waals surface area contributed by atoms with Gasteiger partial charge in [-0.3, -0.25) is 0 Å². The number of aryl methyl sites for hydroxylation is 1. The van der Waals surface area contributed by atoms with Gasteiger partial charge in [-0.2, -0.15) is 0 Å². The zero-order valence-electron chi connectivity index (χ0n) is 8.85. The molecule has 1 N–H and O–H groups in total. The molecule has 1 aromatic heterocycles. The van der Waals surface area contributed by atoms with Crippen molar-refractivity contribution in [2.45, 2.75) is 39.2 Å². The van der Waals surface area contributed by atoms with E-state index in [1.807, 2.05) is 6.07 Å². The van der Waals surface area contributed by atoms with Crippen LogP contribution in [-0.2, 0) is 6.42 Å². The normalized spacial score (nSPS) is 11.1. The van der Waals surface area contributed by atoms with E-state index in [1.165, 1.54) is 17.7 Å². The Morgan fingerprint density at radius 1 is 1.43 bits per heavy atom. The first-order chi connectivity index (χ1) is 6.70. The number of nitrogens with one attached hydrogen (secondary N) is 1. The van der Waals surface area contributed by atoms with Crippen LogP contribution in [0.1, 0.15) is 31.6 Å². The summed E-state index contributed by atoms with van der Waals surface area (Å²) in [6.07, 6.45) is 3.57. The minimum atomic E-state index is 0.598. The molecule has 1 rings (SSSR count). The van der Waals surface area contributed by atoms with Crippen molar-refractivity contribution in [1.29, 1.82) is 0 Å². The Morgan fingerprint density at radius 3 is 2.79 bits per heavy atom. The lowest BCUT2D eigenvalue weighted by atomic mass is 10.2. The van der Waals surface area contributed by atoms with Crippen molar-refractivity contribution in [3.8, 4) is 0 Å². The molecule has 0 radical (unpaired) electrons. The fourth-order valence-electron chi connectivity index (χ4n) is 1.30. The lowest BCUT2D eigenvalue weighted by molar-refractivity contribution is 0.558. The van der Waals surface area contributed by atoms with E-state index < -0.39 is 0 Å². The van der Waals surface area contributed by atoms with Gasteiger partial charge in [0.1, 0.15) is 0 Å². The van der Waals surface area contributed by atoms with E-state index in [2.05, 4.69) is 24.5 Å². The standard InChI is InChI=1S/C11H18ClNS/c1-9(2)13-7-4-3-5-11-10(12)6-8-14-11/h6,8-9,13H,3-5,7H2,1-2H3. The molecule has 1 heterocycles. The van der Waals surface area contributed by atoms with Crippen molar-refractivity contribution in [2.75, 3.05) is 6.54 Å². The minimum absolute atomic E-state index is 0.598. The van der Waals surface area contributed by atoms with Gasteiger partial charge in [0.2, 0.25) is 0 Å². The molecule has 0 aliphatic carbocycles. The monoisotopic (exact) mass is 231 g/mol. The van der Waals surface area contributed by atoms with Gasteiger partial charge >= 0.3 is 0 Å². The third-order valence-corrected chi connectivity index (χ3v) is 3.52. The highest BCUT2D eigenvalue weighted by Crippen LogP contribution is 2.23. The van der Waals surface area contributed by atoms with Crippen molar-refractivity contribution in [2.24, 2.45) is 0 Å².